The van der Waals surface area contributed by atoms with Crippen LogP contribution < -0.4 is 0 Å². The fourth-order valence-corrected chi connectivity index (χ4v) is 4.51. The van der Waals surface area contributed by atoms with E-state index in [1.165, 1.54) is 16.9 Å². The predicted octanol–water partition coefficient (Wildman–Crippen LogP) is 4.23. The number of aromatic nitrogens is 4. The molecule has 0 radical (unpaired) electrons. The van der Waals surface area contributed by atoms with E-state index in [4.69, 9.17) is 10.1 Å². The Morgan fingerprint density at radius 2 is 2.11 bits per heavy atom. The second kappa shape index (κ2) is 7.21. The van der Waals surface area contributed by atoms with Crippen molar-refractivity contribution in [3.05, 3.63) is 71.8 Å². The van der Waals surface area contributed by atoms with Crippen LogP contribution in [0.5, 0.6) is 0 Å². The number of likely N-dealkylation sites (tertiary alicyclic amines) is 1. The van der Waals surface area contributed by atoms with E-state index < -0.39 is 0 Å². The Labute approximate surface area is 162 Å². The summed E-state index contributed by atoms with van der Waals surface area (Å²) in [5.41, 5.74) is 3.24. The summed E-state index contributed by atoms with van der Waals surface area (Å²) in [5.74, 6) is 1.34. The van der Waals surface area contributed by atoms with Gasteiger partial charge in [0.1, 0.15) is 0 Å². The maximum absolute atomic E-state index is 4.82. The molecule has 1 atom stereocenters. The molecule has 0 bridgehead atoms. The van der Waals surface area contributed by atoms with Gasteiger partial charge in [0.2, 0.25) is 0 Å². The van der Waals surface area contributed by atoms with Crippen molar-refractivity contribution in [1.82, 2.24) is 24.5 Å². The van der Waals surface area contributed by atoms with Crippen LogP contribution in [-0.4, -0.2) is 37.6 Å². The van der Waals surface area contributed by atoms with Gasteiger partial charge in [-0.1, -0.05) is 12.1 Å². The van der Waals surface area contributed by atoms with Gasteiger partial charge in [-0.3, -0.25) is 9.88 Å². The summed E-state index contributed by atoms with van der Waals surface area (Å²) in [6.07, 6.45) is 6.28. The summed E-state index contributed by atoms with van der Waals surface area (Å²) in [6.45, 7) is 3.00. The Bertz CT molecular complexity index is 1030. The van der Waals surface area contributed by atoms with E-state index in [1.54, 1.807) is 11.3 Å². The Hall–Kier alpha value is -2.57. The van der Waals surface area contributed by atoms with Crippen LogP contribution in [0.1, 0.15) is 30.3 Å². The second-order valence-electron chi connectivity index (χ2n) is 7.06. The van der Waals surface area contributed by atoms with Crippen molar-refractivity contribution in [2.45, 2.75) is 25.3 Å². The van der Waals surface area contributed by atoms with Crippen molar-refractivity contribution >= 4 is 17.0 Å². The number of pyridine rings is 2. The number of thiophene rings is 1. The highest BCUT2D eigenvalue weighted by atomic mass is 32.1. The molecule has 5 nitrogen and oxygen atoms in total. The molecular formula is C21H21N5S. The molecule has 6 heteroatoms. The second-order valence-corrected chi connectivity index (χ2v) is 8.01. The van der Waals surface area contributed by atoms with Crippen molar-refractivity contribution < 1.29 is 0 Å². The minimum absolute atomic E-state index is 0.382. The normalized spacial score (nSPS) is 18.1. The van der Waals surface area contributed by atoms with Gasteiger partial charge in [-0.2, -0.15) is 5.10 Å². The molecule has 5 rings (SSSR count). The average molecular weight is 376 g/mol. The molecule has 0 amide bonds. The summed E-state index contributed by atoms with van der Waals surface area (Å²) >= 11 is 1.75. The molecule has 1 aliphatic rings. The molecule has 0 saturated carbocycles. The first-order valence-corrected chi connectivity index (χ1v) is 10.3. The zero-order valence-corrected chi connectivity index (χ0v) is 15.8. The number of fused-ring (bicyclic) bond motifs is 1. The Kier molecular flexibility index (Phi) is 4.43. The monoisotopic (exact) mass is 375 g/mol. The Morgan fingerprint density at radius 1 is 1.11 bits per heavy atom. The van der Waals surface area contributed by atoms with Crippen LogP contribution >= 0.6 is 11.3 Å². The van der Waals surface area contributed by atoms with Gasteiger partial charge in [0, 0.05) is 41.8 Å². The first-order chi connectivity index (χ1) is 13.3. The van der Waals surface area contributed by atoms with Crippen molar-refractivity contribution in [2.24, 2.45) is 0 Å². The van der Waals surface area contributed by atoms with E-state index in [2.05, 4.69) is 57.9 Å². The molecule has 4 aromatic rings. The molecular weight excluding hydrogens is 354 g/mol. The molecule has 136 valence electrons. The van der Waals surface area contributed by atoms with Gasteiger partial charge in [0.15, 0.2) is 11.5 Å². The standard InChI is InChI=1S/C21H21N5S/c1-2-10-22-18(6-1)15-25-11-3-5-17(13-25)21-23-20-9-8-16(14-26(20)24-21)19-7-4-12-27-19/h1-2,4,6-10,12,14,17H,3,5,11,13,15H2. The molecule has 1 aliphatic heterocycles. The molecule has 4 aromatic heterocycles. The maximum Gasteiger partial charge on any atom is 0.156 e. The molecule has 5 heterocycles. The Balaban J connectivity index is 1.36. The van der Waals surface area contributed by atoms with Gasteiger partial charge in [-0.15, -0.1) is 11.3 Å². The highest BCUT2D eigenvalue weighted by Crippen LogP contribution is 2.28. The predicted molar refractivity (Wildman–Crippen MR) is 108 cm³/mol. The van der Waals surface area contributed by atoms with Gasteiger partial charge in [-0.05, 0) is 55.1 Å². The van der Waals surface area contributed by atoms with Crippen LogP contribution in [0, 0.1) is 0 Å². The first kappa shape index (κ1) is 16.6. The summed E-state index contributed by atoms with van der Waals surface area (Å²) in [5, 5.41) is 6.92. The number of piperidine rings is 1. The van der Waals surface area contributed by atoms with E-state index in [0.717, 1.165) is 43.2 Å². The third kappa shape index (κ3) is 3.50. The highest BCUT2D eigenvalue weighted by Gasteiger charge is 2.25. The zero-order chi connectivity index (χ0) is 18.1. The van der Waals surface area contributed by atoms with Crippen LogP contribution in [0.3, 0.4) is 0 Å². The van der Waals surface area contributed by atoms with Crippen LogP contribution in [0.4, 0.5) is 0 Å². The lowest BCUT2D eigenvalue weighted by Gasteiger charge is -2.31. The van der Waals surface area contributed by atoms with Crippen molar-refractivity contribution in [3.63, 3.8) is 0 Å². The average Bonchev–Trinajstić information content (AvgIpc) is 3.38. The van der Waals surface area contributed by atoms with Crippen molar-refractivity contribution in [1.29, 1.82) is 0 Å². The van der Waals surface area contributed by atoms with Gasteiger partial charge in [0.25, 0.3) is 0 Å². The van der Waals surface area contributed by atoms with Crippen LogP contribution in [-0.2, 0) is 6.54 Å². The fourth-order valence-electron chi connectivity index (χ4n) is 3.79. The molecule has 1 fully saturated rings. The summed E-state index contributed by atoms with van der Waals surface area (Å²) < 4.78 is 1.93. The molecule has 27 heavy (non-hydrogen) atoms. The van der Waals surface area contributed by atoms with Crippen LogP contribution in [0.25, 0.3) is 16.1 Å². The lowest BCUT2D eigenvalue weighted by Crippen LogP contribution is -2.34. The van der Waals surface area contributed by atoms with Crippen molar-refractivity contribution in [3.8, 4) is 10.4 Å². The lowest BCUT2D eigenvalue weighted by molar-refractivity contribution is 0.194. The number of hydrogen-bond donors (Lipinski definition) is 0. The van der Waals surface area contributed by atoms with Crippen LogP contribution in [0.2, 0.25) is 0 Å². The lowest BCUT2D eigenvalue weighted by atomic mass is 9.97. The summed E-state index contributed by atoms with van der Waals surface area (Å²) in [7, 11) is 0. The molecule has 1 saturated heterocycles. The van der Waals surface area contributed by atoms with Gasteiger partial charge >= 0.3 is 0 Å². The van der Waals surface area contributed by atoms with Crippen molar-refractivity contribution in [2.75, 3.05) is 13.1 Å². The molecule has 0 aliphatic carbocycles. The smallest absolute Gasteiger partial charge is 0.156 e. The molecule has 0 spiro atoms. The number of rotatable bonds is 4. The zero-order valence-electron chi connectivity index (χ0n) is 15.0. The third-order valence-corrected chi connectivity index (χ3v) is 6.05. The fraction of sp³-hybridized carbons (Fsp3) is 0.286. The molecule has 0 N–H and O–H groups in total. The van der Waals surface area contributed by atoms with E-state index in [-0.39, 0.29) is 0 Å². The first-order valence-electron chi connectivity index (χ1n) is 9.38. The van der Waals surface area contributed by atoms with Gasteiger partial charge in [-0.25, -0.2) is 9.50 Å². The molecule has 0 aromatic carbocycles. The quantitative estimate of drug-likeness (QED) is 0.535. The van der Waals surface area contributed by atoms with Crippen LogP contribution in [0.15, 0.2) is 60.2 Å². The minimum atomic E-state index is 0.382. The maximum atomic E-state index is 4.82. The third-order valence-electron chi connectivity index (χ3n) is 5.14. The highest BCUT2D eigenvalue weighted by molar-refractivity contribution is 7.13. The molecule has 1 unspecified atom stereocenters. The van der Waals surface area contributed by atoms with E-state index in [0.29, 0.717) is 5.92 Å². The number of nitrogens with zero attached hydrogens (tertiary/aromatic N) is 5. The topological polar surface area (TPSA) is 46.3 Å². The largest absolute Gasteiger partial charge is 0.297 e. The van der Waals surface area contributed by atoms with E-state index >= 15 is 0 Å². The summed E-state index contributed by atoms with van der Waals surface area (Å²) in [6, 6.07) is 14.5. The van der Waals surface area contributed by atoms with Gasteiger partial charge < -0.3 is 0 Å². The summed E-state index contributed by atoms with van der Waals surface area (Å²) in [4.78, 5) is 13.0. The van der Waals surface area contributed by atoms with E-state index in [9.17, 15) is 0 Å². The van der Waals surface area contributed by atoms with E-state index in [1.807, 2.05) is 16.8 Å². The Morgan fingerprint density at radius 3 is 2.96 bits per heavy atom. The van der Waals surface area contributed by atoms with Gasteiger partial charge in [0.05, 0.1) is 5.69 Å². The SMILES string of the molecule is c1ccc(CN2CCCC(c3nc4ccc(-c5cccs5)cn4n3)C2)nc1. The number of hydrogen-bond acceptors (Lipinski definition) is 5. The minimum Gasteiger partial charge on any atom is -0.297 e.